The molecule has 0 saturated heterocycles. The molecule has 0 aromatic rings. The second kappa shape index (κ2) is 16.2. The van der Waals surface area contributed by atoms with E-state index in [9.17, 15) is 9.59 Å². The second-order valence-electron chi connectivity index (χ2n) is 4.43. The topological polar surface area (TPSA) is 97.9 Å². The Kier molecular flexibility index (Phi) is 15.3. The number of nitrogens with one attached hydrogen (secondary N) is 3. The van der Waals surface area contributed by atoms with Gasteiger partial charge in [0, 0.05) is 26.1 Å². The van der Waals surface area contributed by atoms with Gasteiger partial charge in [-0.25, -0.2) is 0 Å². The van der Waals surface area contributed by atoms with Gasteiger partial charge in [0.15, 0.2) is 0 Å². The zero-order valence-electron chi connectivity index (χ0n) is 13.6. The fraction of sp³-hybridized carbons (Fsp3) is 0.857. The molecule has 0 bridgehead atoms. The average Bonchev–Trinajstić information content (AvgIpc) is 2.52. The van der Waals surface area contributed by atoms with Crippen molar-refractivity contribution in [2.45, 2.75) is 13.3 Å². The minimum atomic E-state index is -0.182. The molecule has 22 heavy (non-hydrogen) atoms. The van der Waals surface area contributed by atoms with Crippen LogP contribution in [0.4, 0.5) is 0 Å². The van der Waals surface area contributed by atoms with Gasteiger partial charge in [0.2, 0.25) is 11.8 Å². The van der Waals surface area contributed by atoms with Crippen molar-refractivity contribution in [1.82, 2.24) is 16.0 Å². The molecule has 2 amide bonds. The standard InChI is InChI=1S/C14H29N3O5/c1-3-13(18)16-5-8-20-9-6-17-14(19)12-22-11-10-21-7-4-15-2/h15H,3-12H2,1-2H3,(H,16,18)(H,17,19). The van der Waals surface area contributed by atoms with E-state index in [-0.39, 0.29) is 18.4 Å². The quantitative estimate of drug-likeness (QED) is 0.331. The maximum atomic E-state index is 11.4. The van der Waals surface area contributed by atoms with Crippen LogP contribution in [0, 0.1) is 0 Å². The van der Waals surface area contributed by atoms with E-state index in [1.807, 2.05) is 7.05 Å². The van der Waals surface area contributed by atoms with E-state index in [0.29, 0.717) is 52.5 Å². The SMILES string of the molecule is CCC(=O)NCCOCCNC(=O)COCCOCCNC. The van der Waals surface area contributed by atoms with Crippen LogP contribution in [-0.4, -0.2) is 78.1 Å². The Morgan fingerprint density at radius 1 is 0.773 bits per heavy atom. The highest BCUT2D eigenvalue weighted by molar-refractivity contribution is 5.77. The summed E-state index contributed by atoms with van der Waals surface area (Å²) in [5.74, 6) is -0.179. The van der Waals surface area contributed by atoms with Crippen LogP contribution in [0.5, 0.6) is 0 Å². The van der Waals surface area contributed by atoms with Crippen LogP contribution in [0.15, 0.2) is 0 Å². The minimum Gasteiger partial charge on any atom is -0.378 e. The summed E-state index contributed by atoms with van der Waals surface area (Å²) in [6, 6.07) is 0. The Labute approximate surface area is 132 Å². The van der Waals surface area contributed by atoms with E-state index in [4.69, 9.17) is 14.2 Å². The molecule has 0 aliphatic carbocycles. The molecule has 0 radical (unpaired) electrons. The van der Waals surface area contributed by atoms with Crippen LogP contribution in [0.25, 0.3) is 0 Å². The molecule has 0 heterocycles. The summed E-state index contributed by atoms with van der Waals surface area (Å²) in [4.78, 5) is 22.3. The highest BCUT2D eigenvalue weighted by atomic mass is 16.5. The lowest BCUT2D eigenvalue weighted by atomic mass is 10.4. The average molecular weight is 319 g/mol. The zero-order chi connectivity index (χ0) is 16.5. The van der Waals surface area contributed by atoms with Gasteiger partial charge in [-0.05, 0) is 7.05 Å². The van der Waals surface area contributed by atoms with Gasteiger partial charge in [-0.15, -0.1) is 0 Å². The highest BCUT2D eigenvalue weighted by Crippen LogP contribution is 1.80. The summed E-state index contributed by atoms with van der Waals surface area (Å²) in [5, 5.41) is 8.34. The third-order valence-corrected chi connectivity index (χ3v) is 2.56. The van der Waals surface area contributed by atoms with Crippen LogP contribution in [0.1, 0.15) is 13.3 Å². The third-order valence-electron chi connectivity index (χ3n) is 2.56. The van der Waals surface area contributed by atoms with E-state index in [2.05, 4.69) is 16.0 Å². The van der Waals surface area contributed by atoms with Crippen molar-refractivity contribution in [2.24, 2.45) is 0 Å². The molecule has 0 atom stereocenters. The Hall–Kier alpha value is -1.22. The molecule has 0 unspecified atom stereocenters. The Balaban J connectivity index is 3.21. The normalized spacial score (nSPS) is 10.5. The van der Waals surface area contributed by atoms with Gasteiger partial charge in [-0.3, -0.25) is 9.59 Å². The molecule has 0 aromatic carbocycles. The molecule has 130 valence electrons. The zero-order valence-corrected chi connectivity index (χ0v) is 13.6. The predicted molar refractivity (Wildman–Crippen MR) is 82.7 cm³/mol. The third kappa shape index (κ3) is 15.2. The van der Waals surface area contributed by atoms with Crippen molar-refractivity contribution in [3.63, 3.8) is 0 Å². The summed E-state index contributed by atoms with van der Waals surface area (Å²) in [6.45, 7) is 5.84. The predicted octanol–water partition coefficient (Wildman–Crippen LogP) is -1.10. The number of hydrogen-bond donors (Lipinski definition) is 3. The second-order valence-corrected chi connectivity index (χ2v) is 4.43. The number of amides is 2. The summed E-state index contributed by atoms with van der Waals surface area (Å²) in [5.41, 5.74) is 0. The van der Waals surface area contributed by atoms with E-state index in [1.54, 1.807) is 6.92 Å². The summed E-state index contributed by atoms with van der Waals surface area (Å²) in [7, 11) is 1.86. The van der Waals surface area contributed by atoms with Crippen LogP contribution >= 0.6 is 0 Å². The number of carbonyl (C=O) groups excluding carboxylic acids is 2. The van der Waals surface area contributed by atoms with Gasteiger partial charge in [-0.2, -0.15) is 0 Å². The van der Waals surface area contributed by atoms with E-state index in [0.717, 1.165) is 6.54 Å². The van der Waals surface area contributed by atoms with Gasteiger partial charge >= 0.3 is 0 Å². The van der Waals surface area contributed by atoms with Crippen molar-refractivity contribution >= 4 is 11.8 Å². The Morgan fingerprint density at radius 3 is 1.95 bits per heavy atom. The fourth-order valence-electron chi connectivity index (χ4n) is 1.36. The first-order valence-corrected chi connectivity index (χ1v) is 7.62. The van der Waals surface area contributed by atoms with Crippen LogP contribution in [-0.2, 0) is 23.8 Å². The van der Waals surface area contributed by atoms with Gasteiger partial charge in [-0.1, -0.05) is 6.92 Å². The summed E-state index contributed by atoms with van der Waals surface area (Å²) >= 11 is 0. The van der Waals surface area contributed by atoms with Crippen molar-refractivity contribution in [3.05, 3.63) is 0 Å². The molecule has 0 aliphatic rings. The number of ether oxygens (including phenoxy) is 3. The van der Waals surface area contributed by atoms with Crippen LogP contribution < -0.4 is 16.0 Å². The van der Waals surface area contributed by atoms with Gasteiger partial charge < -0.3 is 30.2 Å². The number of carbonyl (C=O) groups is 2. The lowest BCUT2D eigenvalue weighted by molar-refractivity contribution is -0.126. The molecule has 0 spiro atoms. The van der Waals surface area contributed by atoms with Crippen molar-refractivity contribution < 1.29 is 23.8 Å². The molecule has 0 fully saturated rings. The molecule has 0 aliphatic heterocycles. The lowest BCUT2D eigenvalue weighted by Gasteiger charge is -2.08. The summed E-state index contributed by atoms with van der Waals surface area (Å²) in [6.07, 6.45) is 0.469. The Morgan fingerprint density at radius 2 is 1.32 bits per heavy atom. The molecule has 3 N–H and O–H groups in total. The highest BCUT2D eigenvalue weighted by Gasteiger charge is 2.00. The maximum absolute atomic E-state index is 11.4. The Bertz CT molecular complexity index is 290. The molecule has 8 heteroatoms. The molecule has 0 aromatic heterocycles. The fourth-order valence-corrected chi connectivity index (χ4v) is 1.36. The largest absolute Gasteiger partial charge is 0.378 e. The number of likely N-dealkylation sites (N-methyl/N-ethyl adjacent to an activating group) is 1. The van der Waals surface area contributed by atoms with Gasteiger partial charge in [0.1, 0.15) is 6.61 Å². The minimum absolute atomic E-state index is 0.00369. The molecular weight excluding hydrogens is 290 g/mol. The number of hydrogen-bond acceptors (Lipinski definition) is 6. The maximum Gasteiger partial charge on any atom is 0.246 e. The summed E-state index contributed by atoms with van der Waals surface area (Å²) < 4.78 is 15.7. The van der Waals surface area contributed by atoms with E-state index < -0.39 is 0 Å². The number of rotatable bonds is 15. The molecule has 0 saturated carbocycles. The first kappa shape index (κ1) is 20.8. The molecular formula is C14H29N3O5. The monoisotopic (exact) mass is 319 g/mol. The van der Waals surface area contributed by atoms with Gasteiger partial charge in [0.25, 0.3) is 0 Å². The first-order valence-electron chi connectivity index (χ1n) is 7.62. The lowest BCUT2D eigenvalue weighted by Crippen LogP contribution is -2.32. The van der Waals surface area contributed by atoms with Gasteiger partial charge in [0.05, 0.1) is 33.0 Å². The van der Waals surface area contributed by atoms with Crippen LogP contribution in [0.3, 0.4) is 0 Å². The van der Waals surface area contributed by atoms with E-state index >= 15 is 0 Å². The van der Waals surface area contributed by atoms with E-state index in [1.165, 1.54) is 0 Å². The smallest absolute Gasteiger partial charge is 0.246 e. The molecule has 8 nitrogen and oxygen atoms in total. The van der Waals surface area contributed by atoms with Crippen molar-refractivity contribution in [2.75, 3.05) is 66.3 Å². The first-order chi connectivity index (χ1) is 10.7. The van der Waals surface area contributed by atoms with Crippen LogP contribution in [0.2, 0.25) is 0 Å². The van der Waals surface area contributed by atoms with Crippen molar-refractivity contribution in [3.8, 4) is 0 Å². The molecule has 0 rings (SSSR count). The van der Waals surface area contributed by atoms with Crippen molar-refractivity contribution in [1.29, 1.82) is 0 Å².